The van der Waals surface area contributed by atoms with Gasteiger partial charge < -0.3 is 4.90 Å². The predicted molar refractivity (Wildman–Crippen MR) is 161 cm³/mol. The normalized spacial score (nSPS) is 16.4. The van der Waals surface area contributed by atoms with Gasteiger partial charge in [0.25, 0.3) is 0 Å². The van der Waals surface area contributed by atoms with E-state index < -0.39 is 10.0 Å². The van der Waals surface area contributed by atoms with Crippen LogP contribution in [0.1, 0.15) is 88.1 Å². The lowest BCUT2D eigenvalue weighted by Gasteiger charge is -2.37. The van der Waals surface area contributed by atoms with E-state index in [1.54, 1.807) is 23.5 Å². The average Bonchev–Trinajstić information content (AvgIpc) is 3.36. The Balaban J connectivity index is 1.63. The zero-order valence-electron chi connectivity index (χ0n) is 24.3. The van der Waals surface area contributed by atoms with Crippen LogP contribution in [0.4, 0.5) is 0 Å². The van der Waals surface area contributed by atoms with Crippen molar-refractivity contribution in [2.45, 2.75) is 83.1 Å². The SMILES string of the molecule is CCCN(CC(=O)N1CCc2sccc2C1c1ccc(C(C)(C)C)cc1)S(=O)(=O)c1ccc(C(C)(C)C)cc1. The molecule has 5 nitrogen and oxygen atoms in total. The smallest absolute Gasteiger partial charge is 0.243 e. The summed E-state index contributed by atoms with van der Waals surface area (Å²) in [5.74, 6) is -0.167. The van der Waals surface area contributed by atoms with Crippen molar-refractivity contribution >= 4 is 27.3 Å². The number of sulfonamides is 1. The van der Waals surface area contributed by atoms with Gasteiger partial charge in [-0.15, -0.1) is 11.3 Å². The third kappa shape index (κ3) is 6.31. The number of hydrogen-bond acceptors (Lipinski definition) is 4. The molecule has 1 amide bonds. The predicted octanol–water partition coefficient (Wildman–Crippen LogP) is 6.92. The molecule has 0 radical (unpaired) electrons. The number of fused-ring (bicyclic) bond motifs is 1. The van der Waals surface area contributed by atoms with Crippen LogP contribution in [0.5, 0.6) is 0 Å². The van der Waals surface area contributed by atoms with Gasteiger partial charge in [0.2, 0.25) is 15.9 Å². The van der Waals surface area contributed by atoms with Crippen molar-refractivity contribution in [1.29, 1.82) is 0 Å². The maximum Gasteiger partial charge on any atom is 0.243 e. The van der Waals surface area contributed by atoms with Gasteiger partial charge in [0.15, 0.2) is 0 Å². The highest BCUT2D eigenvalue weighted by molar-refractivity contribution is 7.89. The van der Waals surface area contributed by atoms with Crippen LogP contribution in [0.25, 0.3) is 0 Å². The first kappa shape index (κ1) is 29.5. The molecule has 1 aliphatic rings. The van der Waals surface area contributed by atoms with Gasteiger partial charge >= 0.3 is 0 Å². The van der Waals surface area contributed by atoms with Crippen LogP contribution in [0.15, 0.2) is 64.9 Å². The van der Waals surface area contributed by atoms with Crippen molar-refractivity contribution in [3.05, 3.63) is 87.1 Å². The van der Waals surface area contributed by atoms with Gasteiger partial charge in [0.1, 0.15) is 0 Å². The second kappa shape index (κ2) is 11.2. The maximum atomic E-state index is 13.9. The number of hydrogen-bond donors (Lipinski definition) is 0. The highest BCUT2D eigenvalue weighted by Crippen LogP contribution is 2.38. The summed E-state index contributed by atoms with van der Waals surface area (Å²) in [4.78, 5) is 17.3. The summed E-state index contributed by atoms with van der Waals surface area (Å²) in [6.07, 6.45) is 1.41. The zero-order valence-corrected chi connectivity index (χ0v) is 26.0. The minimum atomic E-state index is -3.83. The van der Waals surface area contributed by atoms with Gasteiger partial charge in [-0.3, -0.25) is 4.79 Å². The van der Waals surface area contributed by atoms with Crippen LogP contribution in [-0.2, 0) is 32.1 Å². The molecule has 0 aliphatic carbocycles. The molecule has 0 N–H and O–H groups in total. The standard InChI is InChI=1S/C32H42N2O3S2/c1-8-19-33(39(36,37)26-15-13-25(14-16-26)32(5,6)7)22-29(35)34-20-17-28-27(18-21-38-28)30(34)23-9-11-24(12-10-23)31(2,3)4/h9-16,18,21,30H,8,17,19-20,22H2,1-7H3. The Morgan fingerprint density at radius 1 is 0.923 bits per heavy atom. The maximum absolute atomic E-state index is 13.9. The number of thiophene rings is 1. The molecule has 4 rings (SSSR count). The summed E-state index contributed by atoms with van der Waals surface area (Å²) < 4.78 is 28.7. The molecule has 1 unspecified atom stereocenters. The number of rotatable bonds is 7. The summed E-state index contributed by atoms with van der Waals surface area (Å²) in [6, 6.07) is 17.5. The Bertz CT molecular complexity index is 1390. The van der Waals surface area contributed by atoms with E-state index in [1.807, 2.05) is 24.0 Å². The summed E-state index contributed by atoms with van der Waals surface area (Å²) in [5.41, 5.74) is 4.47. The molecule has 0 spiro atoms. The molecule has 39 heavy (non-hydrogen) atoms. The van der Waals surface area contributed by atoms with Gasteiger partial charge in [0, 0.05) is 18.0 Å². The Morgan fingerprint density at radius 3 is 2.03 bits per heavy atom. The topological polar surface area (TPSA) is 57.7 Å². The van der Waals surface area contributed by atoms with E-state index in [0.29, 0.717) is 13.0 Å². The molecule has 210 valence electrons. The number of benzene rings is 2. The fourth-order valence-electron chi connectivity index (χ4n) is 5.16. The average molecular weight is 567 g/mol. The van der Waals surface area contributed by atoms with Gasteiger partial charge in [-0.1, -0.05) is 84.9 Å². The largest absolute Gasteiger partial charge is 0.330 e. The van der Waals surface area contributed by atoms with E-state index in [0.717, 1.165) is 23.1 Å². The van der Waals surface area contributed by atoms with Crippen LogP contribution in [0, 0.1) is 0 Å². The molecule has 0 saturated heterocycles. The summed E-state index contributed by atoms with van der Waals surface area (Å²) in [7, 11) is -3.83. The van der Waals surface area contributed by atoms with Crippen molar-refractivity contribution in [1.82, 2.24) is 9.21 Å². The number of amides is 1. The van der Waals surface area contributed by atoms with Crippen LogP contribution in [0.2, 0.25) is 0 Å². The van der Waals surface area contributed by atoms with Gasteiger partial charge in [0.05, 0.1) is 17.5 Å². The van der Waals surface area contributed by atoms with Crippen molar-refractivity contribution in [2.75, 3.05) is 19.6 Å². The van der Waals surface area contributed by atoms with Crippen LogP contribution in [0.3, 0.4) is 0 Å². The zero-order chi connectivity index (χ0) is 28.6. The Kier molecular flexibility index (Phi) is 8.46. The minimum absolute atomic E-state index is 0.0360. The monoisotopic (exact) mass is 566 g/mol. The van der Waals surface area contributed by atoms with E-state index in [9.17, 15) is 13.2 Å². The third-order valence-electron chi connectivity index (χ3n) is 7.52. The van der Waals surface area contributed by atoms with Crippen molar-refractivity contribution < 1.29 is 13.2 Å². The third-order valence-corrected chi connectivity index (χ3v) is 10.4. The fourth-order valence-corrected chi connectivity index (χ4v) is 7.55. The second-order valence-corrected chi connectivity index (χ2v) is 15.5. The number of carbonyl (C=O) groups excluding carboxylic acids is 1. The highest BCUT2D eigenvalue weighted by Gasteiger charge is 2.35. The molecule has 1 aromatic heterocycles. The Morgan fingerprint density at radius 2 is 1.49 bits per heavy atom. The summed E-state index contributed by atoms with van der Waals surface area (Å²) >= 11 is 1.73. The van der Waals surface area contributed by atoms with Crippen LogP contribution in [-0.4, -0.2) is 43.2 Å². The molecule has 2 heterocycles. The first-order valence-corrected chi connectivity index (χ1v) is 16.1. The van der Waals surface area contributed by atoms with Gasteiger partial charge in [-0.05, 0) is 69.5 Å². The minimum Gasteiger partial charge on any atom is -0.330 e. The van der Waals surface area contributed by atoms with Gasteiger partial charge in [-0.2, -0.15) is 4.31 Å². The van der Waals surface area contributed by atoms with Gasteiger partial charge in [-0.25, -0.2) is 8.42 Å². The number of nitrogens with zero attached hydrogens (tertiary/aromatic N) is 2. The lowest BCUT2D eigenvalue weighted by molar-refractivity contribution is -0.133. The van der Waals surface area contributed by atoms with Crippen molar-refractivity contribution in [3.63, 3.8) is 0 Å². The molecule has 1 atom stereocenters. The van der Waals surface area contributed by atoms with E-state index in [1.165, 1.54) is 14.7 Å². The molecular formula is C32H42N2O3S2. The second-order valence-electron chi connectivity index (χ2n) is 12.5. The molecule has 0 fully saturated rings. The summed E-state index contributed by atoms with van der Waals surface area (Å²) in [6.45, 7) is 15.5. The molecule has 0 bridgehead atoms. The van der Waals surface area contributed by atoms with Crippen molar-refractivity contribution in [2.24, 2.45) is 0 Å². The molecular weight excluding hydrogens is 524 g/mol. The fraction of sp³-hybridized carbons (Fsp3) is 0.469. The first-order valence-electron chi connectivity index (χ1n) is 13.8. The van der Waals surface area contributed by atoms with E-state index in [-0.39, 0.29) is 40.8 Å². The highest BCUT2D eigenvalue weighted by atomic mass is 32.2. The quantitative estimate of drug-likeness (QED) is 0.312. The molecule has 7 heteroatoms. The lowest BCUT2D eigenvalue weighted by atomic mass is 9.85. The van der Waals surface area contributed by atoms with Crippen LogP contribution >= 0.6 is 11.3 Å². The molecule has 1 aliphatic heterocycles. The Hall–Kier alpha value is -2.48. The molecule has 2 aromatic carbocycles. The van der Waals surface area contributed by atoms with Crippen molar-refractivity contribution in [3.8, 4) is 0 Å². The lowest BCUT2D eigenvalue weighted by Crippen LogP contribution is -2.47. The van der Waals surface area contributed by atoms with E-state index >= 15 is 0 Å². The molecule has 0 saturated carbocycles. The molecule has 3 aromatic rings. The summed E-state index contributed by atoms with van der Waals surface area (Å²) in [5, 5.41) is 2.09. The van der Waals surface area contributed by atoms with E-state index in [4.69, 9.17) is 0 Å². The first-order chi connectivity index (χ1) is 18.2. The number of carbonyl (C=O) groups is 1. The Labute approximate surface area is 238 Å². The van der Waals surface area contributed by atoms with E-state index in [2.05, 4.69) is 77.3 Å². The van der Waals surface area contributed by atoms with Crippen LogP contribution < -0.4 is 0 Å².